The molecule has 3 amide bonds. The van der Waals surface area contributed by atoms with Crippen molar-refractivity contribution in [2.75, 3.05) is 6.54 Å². The van der Waals surface area contributed by atoms with Gasteiger partial charge in [-0.05, 0) is 32.2 Å². The van der Waals surface area contributed by atoms with Crippen LogP contribution in [0.1, 0.15) is 38.5 Å². The number of carbonyl (C=O) groups excluding carboxylic acids is 3. The minimum absolute atomic E-state index is 0.155. The molecule has 0 saturated carbocycles. The van der Waals surface area contributed by atoms with Crippen LogP contribution in [0.2, 0.25) is 0 Å². The predicted octanol–water partition coefficient (Wildman–Crippen LogP) is -1.26. The lowest BCUT2D eigenvalue weighted by atomic mass is 10.1. The van der Waals surface area contributed by atoms with Crippen LogP contribution in [-0.4, -0.2) is 30.3 Å². The molecule has 0 radical (unpaired) electrons. The standard InChI is InChI=1S/C11H22N4O3/c12-7-2-1-4-8(11(14)18)15-10(17)6-3-5-9(13)16/h8H,1-7,12H2,(H2,13,16)(H2,14,18)(H,15,17)/t8-/m0/s1. The largest absolute Gasteiger partial charge is 0.370 e. The summed E-state index contributed by atoms with van der Waals surface area (Å²) in [7, 11) is 0. The summed E-state index contributed by atoms with van der Waals surface area (Å²) in [6, 6.07) is -0.669. The highest BCUT2D eigenvalue weighted by atomic mass is 16.2. The lowest BCUT2D eigenvalue weighted by Crippen LogP contribution is -2.44. The minimum atomic E-state index is -0.669. The summed E-state index contributed by atoms with van der Waals surface area (Å²) in [5, 5.41) is 2.54. The van der Waals surface area contributed by atoms with Crippen molar-refractivity contribution in [3.8, 4) is 0 Å². The van der Waals surface area contributed by atoms with Crippen LogP contribution in [0.4, 0.5) is 0 Å². The van der Waals surface area contributed by atoms with Crippen LogP contribution in [0.25, 0.3) is 0 Å². The van der Waals surface area contributed by atoms with Gasteiger partial charge in [0.2, 0.25) is 17.7 Å². The first-order valence-corrected chi connectivity index (χ1v) is 6.04. The van der Waals surface area contributed by atoms with Gasteiger partial charge in [0.25, 0.3) is 0 Å². The summed E-state index contributed by atoms with van der Waals surface area (Å²) in [5.74, 6) is -1.31. The Balaban J connectivity index is 3.96. The Hall–Kier alpha value is -1.63. The summed E-state index contributed by atoms with van der Waals surface area (Å²) >= 11 is 0. The van der Waals surface area contributed by atoms with Gasteiger partial charge in [0, 0.05) is 12.8 Å². The molecule has 0 rings (SSSR count). The summed E-state index contributed by atoms with van der Waals surface area (Å²) < 4.78 is 0. The maximum absolute atomic E-state index is 11.5. The van der Waals surface area contributed by atoms with Crippen molar-refractivity contribution in [3.63, 3.8) is 0 Å². The molecule has 18 heavy (non-hydrogen) atoms. The zero-order valence-corrected chi connectivity index (χ0v) is 10.5. The molecule has 0 aliphatic carbocycles. The molecule has 0 saturated heterocycles. The first-order valence-electron chi connectivity index (χ1n) is 6.04. The number of primary amides is 2. The molecule has 7 N–H and O–H groups in total. The van der Waals surface area contributed by atoms with Crippen LogP contribution in [-0.2, 0) is 14.4 Å². The van der Waals surface area contributed by atoms with E-state index in [2.05, 4.69) is 5.32 Å². The highest BCUT2D eigenvalue weighted by Gasteiger charge is 2.17. The molecule has 0 aromatic rings. The third-order valence-corrected chi connectivity index (χ3v) is 2.45. The fraction of sp³-hybridized carbons (Fsp3) is 0.727. The Kier molecular flexibility index (Phi) is 8.55. The molecular formula is C11H22N4O3. The molecule has 0 fully saturated rings. The quantitative estimate of drug-likeness (QED) is 0.363. The number of nitrogens with two attached hydrogens (primary N) is 3. The van der Waals surface area contributed by atoms with Crippen LogP contribution in [0, 0.1) is 0 Å². The smallest absolute Gasteiger partial charge is 0.239 e. The predicted molar refractivity (Wildman–Crippen MR) is 67.1 cm³/mol. The number of hydrogen-bond donors (Lipinski definition) is 4. The highest BCUT2D eigenvalue weighted by Crippen LogP contribution is 2.02. The number of nitrogens with one attached hydrogen (secondary N) is 1. The third kappa shape index (κ3) is 8.51. The summed E-state index contributed by atoms with van der Waals surface area (Å²) in [5.41, 5.74) is 15.5. The van der Waals surface area contributed by atoms with Gasteiger partial charge in [-0.1, -0.05) is 0 Å². The molecule has 104 valence electrons. The number of amides is 3. The monoisotopic (exact) mass is 258 g/mol. The van der Waals surface area contributed by atoms with Gasteiger partial charge in [-0.25, -0.2) is 0 Å². The molecule has 0 spiro atoms. The average molecular weight is 258 g/mol. The van der Waals surface area contributed by atoms with Gasteiger partial charge in [-0.3, -0.25) is 14.4 Å². The second-order valence-electron chi connectivity index (χ2n) is 4.13. The molecule has 7 heteroatoms. The Morgan fingerprint density at radius 1 is 1.00 bits per heavy atom. The Morgan fingerprint density at radius 3 is 2.17 bits per heavy atom. The SMILES string of the molecule is NCCCC[C@H](NC(=O)CCCC(N)=O)C(N)=O. The van der Waals surface area contributed by atoms with Gasteiger partial charge >= 0.3 is 0 Å². The zero-order chi connectivity index (χ0) is 14.0. The Bertz CT molecular complexity index is 294. The maximum Gasteiger partial charge on any atom is 0.239 e. The van der Waals surface area contributed by atoms with Crippen molar-refractivity contribution in [1.29, 1.82) is 0 Å². The van der Waals surface area contributed by atoms with Crippen molar-refractivity contribution in [2.24, 2.45) is 17.2 Å². The second kappa shape index (κ2) is 9.41. The molecule has 7 nitrogen and oxygen atoms in total. The first kappa shape index (κ1) is 16.4. The third-order valence-electron chi connectivity index (χ3n) is 2.45. The molecule has 0 aliphatic rings. The summed E-state index contributed by atoms with van der Waals surface area (Å²) in [6.45, 7) is 0.540. The number of carbonyl (C=O) groups is 3. The Morgan fingerprint density at radius 2 is 1.67 bits per heavy atom. The van der Waals surface area contributed by atoms with Crippen molar-refractivity contribution >= 4 is 17.7 Å². The van der Waals surface area contributed by atoms with E-state index < -0.39 is 17.9 Å². The molecular weight excluding hydrogens is 236 g/mol. The van der Waals surface area contributed by atoms with Crippen LogP contribution in [0.5, 0.6) is 0 Å². The van der Waals surface area contributed by atoms with E-state index in [1.165, 1.54) is 0 Å². The lowest BCUT2D eigenvalue weighted by Gasteiger charge is -2.15. The van der Waals surface area contributed by atoms with Gasteiger partial charge in [-0.2, -0.15) is 0 Å². The van der Waals surface area contributed by atoms with E-state index >= 15 is 0 Å². The number of unbranched alkanes of at least 4 members (excludes halogenated alkanes) is 1. The zero-order valence-electron chi connectivity index (χ0n) is 10.5. The first-order chi connectivity index (χ1) is 8.47. The van der Waals surface area contributed by atoms with Gasteiger partial charge in [0.1, 0.15) is 6.04 Å². The molecule has 0 aromatic heterocycles. The fourth-order valence-electron chi connectivity index (χ4n) is 1.47. The summed E-state index contributed by atoms with van der Waals surface area (Å²) in [6.07, 6.45) is 2.67. The van der Waals surface area contributed by atoms with E-state index in [0.717, 1.165) is 12.8 Å². The molecule has 0 heterocycles. The van der Waals surface area contributed by atoms with Crippen molar-refractivity contribution in [2.45, 2.75) is 44.6 Å². The Labute approximate surface area is 106 Å². The maximum atomic E-state index is 11.5. The van der Waals surface area contributed by atoms with Crippen LogP contribution < -0.4 is 22.5 Å². The van der Waals surface area contributed by atoms with Gasteiger partial charge in [0.05, 0.1) is 0 Å². The van der Waals surface area contributed by atoms with E-state index in [1.54, 1.807) is 0 Å². The normalized spacial score (nSPS) is 11.8. The van der Waals surface area contributed by atoms with Gasteiger partial charge in [-0.15, -0.1) is 0 Å². The van der Waals surface area contributed by atoms with Crippen molar-refractivity contribution in [1.82, 2.24) is 5.32 Å². The summed E-state index contributed by atoms with van der Waals surface area (Å²) in [4.78, 5) is 33.1. The van der Waals surface area contributed by atoms with Crippen molar-refractivity contribution in [3.05, 3.63) is 0 Å². The van der Waals surface area contributed by atoms with Crippen LogP contribution >= 0.6 is 0 Å². The molecule has 0 unspecified atom stereocenters. The fourth-order valence-corrected chi connectivity index (χ4v) is 1.47. The number of hydrogen-bond acceptors (Lipinski definition) is 4. The van der Waals surface area contributed by atoms with Gasteiger partial charge < -0.3 is 22.5 Å². The highest BCUT2D eigenvalue weighted by molar-refractivity contribution is 5.86. The minimum Gasteiger partial charge on any atom is -0.370 e. The average Bonchev–Trinajstić information content (AvgIpc) is 2.27. The van der Waals surface area contributed by atoms with Gasteiger partial charge in [0.15, 0.2) is 0 Å². The van der Waals surface area contributed by atoms with E-state index in [9.17, 15) is 14.4 Å². The van der Waals surface area contributed by atoms with Crippen molar-refractivity contribution < 1.29 is 14.4 Å². The molecule has 0 aliphatic heterocycles. The molecule has 1 atom stereocenters. The topological polar surface area (TPSA) is 141 Å². The second-order valence-corrected chi connectivity index (χ2v) is 4.13. The van der Waals surface area contributed by atoms with Crippen LogP contribution in [0.15, 0.2) is 0 Å². The van der Waals surface area contributed by atoms with E-state index in [-0.39, 0.29) is 18.7 Å². The van der Waals surface area contributed by atoms with E-state index in [1.807, 2.05) is 0 Å². The molecule has 0 bridgehead atoms. The lowest BCUT2D eigenvalue weighted by molar-refractivity contribution is -0.127. The number of rotatable bonds is 10. The van der Waals surface area contributed by atoms with E-state index in [4.69, 9.17) is 17.2 Å². The molecule has 0 aromatic carbocycles. The van der Waals surface area contributed by atoms with Crippen LogP contribution in [0.3, 0.4) is 0 Å². The van der Waals surface area contributed by atoms with E-state index in [0.29, 0.717) is 19.4 Å².